The molecule has 8 rings (SSSR count). The van der Waals surface area contributed by atoms with Crippen molar-refractivity contribution in [2.24, 2.45) is 22.2 Å². The molecule has 3 aromatic carbocycles. The van der Waals surface area contributed by atoms with E-state index in [4.69, 9.17) is 3.30 Å². The van der Waals surface area contributed by atoms with E-state index < -0.39 is 29.5 Å². The van der Waals surface area contributed by atoms with Gasteiger partial charge < -0.3 is 0 Å². The summed E-state index contributed by atoms with van der Waals surface area (Å²) in [7, 11) is 0. The van der Waals surface area contributed by atoms with E-state index in [2.05, 4.69) is 132 Å². The minimum absolute atomic E-state index is 0.404. The standard InChI is InChI=1S/C13H22N.C12H10.C9H13.C6H7Ge.CH3.Hf/c1-10-4-11(2)6-12(3,5-10)9-13(14,7-10)8-11;1-3-7-11(8-4-1)12-9-5-2-6-10-12;1-6-5-7(2)9(4)8(6)3;7-6-4-2-1-3-5-6;;/h14H,4-9H2,1-3H3;1-10H;6H,1-4H3;1-5H,7H2;1H3;/q-1;;;;;+1. The van der Waals surface area contributed by atoms with Crippen molar-refractivity contribution >= 4 is 16.1 Å². The second-order valence-corrected chi connectivity index (χ2v) is 62.4. The molecule has 0 radical (unpaired) electrons. The molecule has 3 aromatic rings. The van der Waals surface area contributed by atoms with Gasteiger partial charge in [-0.25, -0.2) is 0 Å². The molecule has 0 amide bonds. The van der Waals surface area contributed by atoms with Gasteiger partial charge >= 0.3 is 207 Å². The third-order valence-electron chi connectivity index (χ3n) is 11.9. The zero-order valence-electron chi connectivity index (χ0n) is 28.7. The molecule has 1 N–H and O–H groups in total. The maximum atomic E-state index is 4.83. The maximum absolute atomic E-state index is 4.83. The SMILES string of the molecule is CC1=C(C)C(C)[C]([Hf]([CH3])([NH]C23CC4(C)CC(C)(CC(C)(C4)C2)C3)[GeH2][c]2ccccc2)=C1C.c1ccc(-c2ccccc2)cc1. The van der Waals surface area contributed by atoms with Crippen molar-refractivity contribution in [3.8, 4) is 11.1 Å². The molecule has 5 aliphatic carbocycles. The Bertz CT molecular complexity index is 1470. The van der Waals surface area contributed by atoms with E-state index in [0.29, 0.717) is 27.7 Å². The average Bonchev–Trinajstić information content (AvgIpc) is 3.14. The minimum Gasteiger partial charge on any atom is -0.0622 e. The van der Waals surface area contributed by atoms with Crippen molar-refractivity contribution in [1.82, 2.24) is 3.30 Å². The summed E-state index contributed by atoms with van der Waals surface area (Å²) in [4.78, 5) is 0. The van der Waals surface area contributed by atoms with Gasteiger partial charge in [0.05, 0.1) is 0 Å². The molecule has 1 nitrogen and oxygen atoms in total. The minimum atomic E-state index is -2.94. The van der Waals surface area contributed by atoms with Crippen LogP contribution in [0.4, 0.5) is 0 Å². The van der Waals surface area contributed by atoms with Gasteiger partial charge in [0.2, 0.25) is 0 Å². The maximum Gasteiger partial charge on any atom is -0.0184 e. The van der Waals surface area contributed by atoms with Gasteiger partial charge in [-0.2, -0.15) is 0 Å². The molecule has 0 saturated heterocycles. The molecule has 4 fully saturated rings. The predicted octanol–water partition coefficient (Wildman–Crippen LogP) is 9.86. The van der Waals surface area contributed by atoms with Crippen LogP contribution in [-0.4, -0.2) is 17.3 Å². The van der Waals surface area contributed by atoms with E-state index in [1.165, 1.54) is 49.7 Å². The van der Waals surface area contributed by atoms with Gasteiger partial charge in [-0.05, 0) is 11.1 Å². The van der Waals surface area contributed by atoms with Gasteiger partial charge in [-0.3, -0.25) is 0 Å². The van der Waals surface area contributed by atoms with Gasteiger partial charge in [0, 0.05) is 0 Å². The van der Waals surface area contributed by atoms with Crippen molar-refractivity contribution < 1.29 is 17.8 Å². The molecule has 232 valence electrons. The second-order valence-electron chi connectivity index (χ2n) is 16.7. The van der Waals surface area contributed by atoms with E-state index >= 15 is 0 Å². The van der Waals surface area contributed by atoms with Gasteiger partial charge in [0.15, 0.2) is 0 Å². The van der Waals surface area contributed by atoms with Crippen LogP contribution in [0.25, 0.3) is 11.1 Å². The Hall–Kier alpha value is -1.49. The Morgan fingerprint density at radius 3 is 1.41 bits per heavy atom. The predicted molar refractivity (Wildman–Crippen MR) is 190 cm³/mol. The quantitative estimate of drug-likeness (QED) is 0.245. The first-order chi connectivity index (χ1) is 20.8. The van der Waals surface area contributed by atoms with Crippen LogP contribution in [0.2, 0.25) is 4.68 Å². The Morgan fingerprint density at radius 1 is 0.614 bits per heavy atom. The number of allylic oxidation sites excluding steroid dienone is 4. The smallest absolute Gasteiger partial charge is 0.0184 e. The summed E-state index contributed by atoms with van der Waals surface area (Å²) >= 11 is -3.86. The van der Waals surface area contributed by atoms with Crippen LogP contribution in [0.15, 0.2) is 111 Å². The molecule has 2 unspecified atom stereocenters. The van der Waals surface area contributed by atoms with Gasteiger partial charge in [0.25, 0.3) is 0 Å². The van der Waals surface area contributed by atoms with Crippen molar-refractivity contribution in [2.45, 2.75) is 97.2 Å². The third-order valence-corrected chi connectivity index (χ3v) is 56.7. The first-order valence-electron chi connectivity index (χ1n) is 17.1. The molecule has 0 spiro atoms. The number of nitrogens with one attached hydrogen (secondary N) is 1. The van der Waals surface area contributed by atoms with E-state index in [9.17, 15) is 0 Å². The first-order valence-corrected chi connectivity index (χ1v) is 40.4. The van der Waals surface area contributed by atoms with Gasteiger partial charge in [0.1, 0.15) is 0 Å². The summed E-state index contributed by atoms with van der Waals surface area (Å²) in [6.07, 6.45) is 8.69. The first kappa shape index (κ1) is 32.5. The number of benzene rings is 3. The largest absolute Gasteiger partial charge is 0.0622 e. The molecular formula is C41H55GeHfN. The summed E-state index contributed by atoms with van der Waals surface area (Å²) in [5.41, 5.74) is 9.54. The third kappa shape index (κ3) is 6.39. The average molecular weight is 813 g/mol. The molecule has 2 atom stereocenters. The van der Waals surface area contributed by atoms with Crippen LogP contribution in [0.1, 0.15) is 87.0 Å². The van der Waals surface area contributed by atoms with Crippen molar-refractivity contribution in [2.75, 3.05) is 0 Å². The summed E-state index contributed by atoms with van der Waals surface area (Å²) in [6, 6.07) is 32.5. The molecule has 0 aliphatic heterocycles. The van der Waals surface area contributed by atoms with Crippen LogP contribution >= 0.6 is 0 Å². The number of hydrogen-bond acceptors (Lipinski definition) is 1. The Kier molecular flexibility index (Phi) is 8.81. The fourth-order valence-electron chi connectivity index (χ4n) is 11.7. The molecule has 5 aliphatic rings. The molecule has 4 saturated carbocycles. The molecule has 4 bridgehead atoms. The van der Waals surface area contributed by atoms with Crippen LogP contribution < -0.4 is 7.70 Å². The molecule has 0 aromatic heterocycles. The normalized spacial score (nSPS) is 34.0. The number of hydrogen-bond donors (Lipinski definition) is 1. The van der Waals surface area contributed by atoms with E-state index in [1.807, 2.05) is 15.5 Å². The summed E-state index contributed by atoms with van der Waals surface area (Å²) in [5, 5.41) is 0. The molecular weight excluding hydrogens is 758 g/mol. The fraction of sp³-hybridized carbons (Fsp3) is 0.463. The summed E-state index contributed by atoms with van der Waals surface area (Å²) in [6.45, 7) is 17.7. The van der Waals surface area contributed by atoms with Crippen LogP contribution in [0.3, 0.4) is 0 Å². The van der Waals surface area contributed by atoms with E-state index in [0.717, 1.165) is 0 Å². The van der Waals surface area contributed by atoms with Crippen LogP contribution in [0.5, 0.6) is 0 Å². The fourth-order valence-corrected chi connectivity index (χ4v) is 69.7. The van der Waals surface area contributed by atoms with Gasteiger partial charge in [-0.1, -0.05) is 60.7 Å². The second kappa shape index (κ2) is 11.9. The van der Waals surface area contributed by atoms with E-state index in [1.54, 1.807) is 21.1 Å². The van der Waals surface area contributed by atoms with Crippen LogP contribution in [-0.2, 0) is 17.8 Å². The number of rotatable bonds is 6. The molecule has 3 heteroatoms. The van der Waals surface area contributed by atoms with Crippen molar-refractivity contribution in [3.63, 3.8) is 0 Å². The van der Waals surface area contributed by atoms with Crippen molar-refractivity contribution in [3.05, 3.63) is 111 Å². The van der Waals surface area contributed by atoms with Crippen molar-refractivity contribution in [1.29, 1.82) is 0 Å². The molecule has 0 heterocycles. The topological polar surface area (TPSA) is 12.0 Å². The Labute approximate surface area is 276 Å². The molecule has 44 heavy (non-hydrogen) atoms. The summed E-state index contributed by atoms with van der Waals surface area (Å²) < 4.78 is 11.4. The zero-order valence-corrected chi connectivity index (χ0v) is 35.2. The summed E-state index contributed by atoms with van der Waals surface area (Å²) in [5.74, 6) is 0.666. The monoisotopic (exact) mass is 815 g/mol. The van der Waals surface area contributed by atoms with E-state index in [-0.39, 0.29) is 0 Å². The van der Waals surface area contributed by atoms with Crippen LogP contribution in [0, 0.1) is 22.2 Å². The van der Waals surface area contributed by atoms with Gasteiger partial charge in [-0.15, -0.1) is 0 Å². The Morgan fingerprint density at radius 2 is 1.02 bits per heavy atom. The Balaban J connectivity index is 0.000000238. The zero-order chi connectivity index (χ0) is 31.4.